The Balaban J connectivity index is 1.51. The first-order valence-corrected chi connectivity index (χ1v) is 8.51. The molecule has 0 radical (unpaired) electrons. The van der Waals surface area contributed by atoms with Crippen molar-refractivity contribution in [3.8, 4) is 5.69 Å². The molecule has 2 unspecified atom stereocenters. The number of benzene rings is 1. The van der Waals surface area contributed by atoms with Crippen molar-refractivity contribution in [2.75, 3.05) is 25.1 Å². The quantitative estimate of drug-likeness (QED) is 0.743. The van der Waals surface area contributed by atoms with Crippen LogP contribution in [0.15, 0.2) is 42.9 Å². The van der Waals surface area contributed by atoms with Crippen molar-refractivity contribution >= 4 is 16.9 Å². The lowest BCUT2D eigenvalue weighted by Crippen LogP contribution is -2.26. The van der Waals surface area contributed by atoms with E-state index in [4.69, 9.17) is 9.47 Å². The normalized spacial score (nSPS) is 18.5. The highest BCUT2D eigenvalue weighted by Crippen LogP contribution is 2.22. The smallest absolute Gasteiger partial charge is 0.168 e. The third-order valence-corrected chi connectivity index (χ3v) is 4.22. The fourth-order valence-corrected chi connectivity index (χ4v) is 2.92. The van der Waals surface area contributed by atoms with Crippen molar-refractivity contribution in [3.05, 3.63) is 42.9 Å². The van der Waals surface area contributed by atoms with Crippen LogP contribution in [-0.4, -0.2) is 51.7 Å². The Morgan fingerprint density at radius 3 is 3.00 bits per heavy atom. The molecule has 7 nitrogen and oxygen atoms in total. The summed E-state index contributed by atoms with van der Waals surface area (Å²) in [5.41, 5.74) is 1.75. The van der Waals surface area contributed by atoms with E-state index >= 15 is 0 Å². The Labute approximate surface area is 146 Å². The van der Waals surface area contributed by atoms with Gasteiger partial charge in [0.15, 0.2) is 5.65 Å². The summed E-state index contributed by atoms with van der Waals surface area (Å²) in [4.78, 5) is 8.77. The van der Waals surface area contributed by atoms with Gasteiger partial charge in [0.2, 0.25) is 0 Å². The number of hydrogen-bond acceptors (Lipinski definition) is 6. The molecule has 0 amide bonds. The first-order chi connectivity index (χ1) is 12.3. The molecule has 2 aromatic heterocycles. The van der Waals surface area contributed by atoms with Gasteiger partial charge in [-0.3, -0.25) is 0 Å². The van der Waals surface area contributed by atoms with E-state index in [1.807, 2.05) is 35.0 Å². The second kappa shape index (κ2) is 7.16. The van der Waals surface area contributed by atoms with Crippen LogP contribution in [0.2, 0.25) is 0 Å². The lowest BCUT2D eigenvalue weighted by Gasteiger charge is -2.17. The first kappa shape index (κ1) is 16.0. The minimum atomic E-state index is 0.124. The maximum atomic E-state index is 5.87. The molecular formula is C18H21N5O2. The van der Waals surface area contributed by atoms with Gasteiger partial charge >= 0.3 is 0 Å². The van der Waals surface area contributed by atoms with Crippen LogP contribution >= 0.6 is 0 Å². The van der Waals surface area contributed by atoms with Gasteiger partial charge in [0, 0.05) is 12.6 Å². The number of anilines is 1. The van der Waals surface area contributed by atoms with Gasteiger partial charge in [-0.15, -0.1) is 0 Å². The molecule has 2 atom stereocenters. The summed E-state index contributed by atoms with van der Waals surface area (Å²) < 4.78 is 13.0. The largest absolute Gasteiger partial charge is 0.379 e. The zero-order chi connectivity index (χ0) is 17.1. The second-order valence-electron chi connectivity index (χ2n) is 6.22. The van der Waals surface area contributed by atoms with Crippen LogP contribution in [-0.2, 0) is 9.47 Å². The fourth-order valence-electron chi connectivity index (χ4n) is 2.92. The molecule has 3 aromatic rings. The van der Waals surface area contributed by atoms with Crippen molar-refractivity contribution < 1.29 is 9.47 Å². The van der Waals surface area contributed by atoms with Gasteiger partial charge in [-0.2, -0.15) is 5.10 Å². The van der Waals surface area contributed by atoms with Crippen LogP contribution in [0.5, 0.6) is 0 Å². The summed E-state index contributed by atoms with van der Waals surface area (Å²) in [5.74, 6) is 0.769. The molecule has 1 saturated heterocycles. The van der Waals surface area contributed by atoms with Gasteiger partial charge in [0.1, 0.15) is 12.1 Å². The molecule has 4 rings (SSSR count). The molecule has 1 N–H and O–H groups in total. The summed E-state index contributed by atoms with van der Waals surface area (Å²) in [5, 5.41) is 8.76. The SMILES string of the molecule is CC(COC1CCOC1)Nc1ncnc2c1cnn2-c1ccccc1. The predicted molar refractivity (Wildman–Crippen MR) is 94.9 cm³/mol. The van der Waals surface area contributed by atoms with E-state index in [-0.39, 0.29) is 12.1 Å². The van der Waals surface area contributed by atoms with Gasteiger partial charge in [-0.1, -0.05) is 18.2 Å². The van der Waals surface area contributed by atoms with E-state index < -0.39 is 0 Å². The maximum Gasteiger partial charge on any atom is 0.168 e. The molecule has 1 aliphatic rings. The number of hydrogen-bond donors (Lipinski definition) is 1. The average molecular weight is 339 g/mol. The lowest BCUT2D eigenvalue weighted by molar-refractivity contribution is 0.0395. The number of nitrogens with zero attached hydrogens (tertiary/aromatic N) is 4. The number of ether oxygens (including phenoxy) is 2. The van der Waals surface area contributed by atoms with E-state index in [0.717, 1.165) is 35.6 Å². The van der Waals surface area contributed by atoms with E-state index in [0.29, 0.717) is 13.2 Å². The standard InChI is InChI=1S/C18H21N5O2/c1-13(10-25-15-7-8-24-11-15)22-17-16-9-21-23(18(16)20-12-19-17)14-5-3-2-4-6-14/h2-6,9,12-13,15H,7-8,10-11H2,1H3,(H,19,20,22). The molecule has 7 heteroatoms. The van der Waals surface area contributed by atoms with Crippen LogP contribution in [0.25, 0.3) is 16.7 Å². The first-order valence-electron chi connectivity index (χ1n) is 8.51. The molecular weight excluding hydrogens is 318 g/mol. The number of para-hydroxylation sites is 1. The minimum absolute atomic E-state index is 0.124. The van der Waals surface area contributed by atoms with Gasteiger partial charge in [0.25, 0.3) is 0 Å². The summed E-state index contributed by atoms with van der Waals surface area (Å²) in [6.45, 7) is 4.16. The molecule has 0 aliphatic carbocycles. The lowest BCUT2D eigenvalue weighted by atomic mass is 10.3. The van der Waals surface area contributed by atoms with Crippen molar-refractivity contribution in [3.63, 3.8) is 0 Å². The summed E-state index contributed by atoms with van der Waals surface area (Å²) >= 11 is 0. The maximum absolute atomic E-state index is 5.87. The Morgan fingerprint density at radius 1 is 1.32 bits per heavy atom. The predicted octanol–water partition coefficient (Wildman–Crippen LogP) is 2.42. The molecule has 0 spiro atoms. The van der Waals surface area contributed by atoms with Crippen molar-refractivity contribution in [2.45, 2.75) is 25.5 Å². The monoisotopic (exact) mass is 339 g/mol. The van der Waals surface area contributed by atoms with Gasteiger partial charge in [-0.05, 0) is 25.5 Å². The van der Waals surface area contributed by atoms with E-state index in [9.17, 15) is 0 Å². The topological polar surface area (TPSA) is 74.1 Å². The van der Waals surface area contributed by atoms with Gasteiger partial charge in [-0.25, -0.2) is 14.6 Å². The second-order valence-corrected chi connectivity index (χ2v) is 6.22. The van der Waals surface area contributed by atoms with Crippen LogP contribution in [0, 0.1) is 0 Å². The van der Waals surface area contributed by atoms with Gasteiger partial charge in [0.05, 0.1) is 36.6 Å². The highest BCUT2D eigenvalue weighted by atomic mass is 16.5. The highest BCUT2D eigenvalue weighted by Gasteiger charge is 2.18. The zero-order valence-corrected chi connectivity index (χ0v) is 14.1. The van der Waals surface area contributed by atoms with Crippen molar-refractivity contribution in [1.29, 1.82) is 0 Å². The molecule has 1 aliphatic heterocycles. The highest BCUT2D eigenvalue weighted by molar-refractivity contribution is 5.87. The Bertz CT molecular complexity index is 830. The average Bonchev–Trinajstić information content (AvgIpc) is 3.31. The fraction of sp³-hybridized carbons (Fsp3) is 0.389. The van der Waals surface area contributed by atoms with E-state index in [2.05, 4.69) is 27.3 Å². The molecule has 0 saturated carbocycles. The molecule has 3 heterocycles. The third kappa shape index (κ3) is 3.47. The van der Waals surface area contributed by atoms with E-state index in [1.165, 1.54) is 0 Å². The third-order valence-electron chi connectivity index (χ3n) is 4.22. The Hall–Kier alpha value is -2.51. The van der Waals surface area contributed by atoms with Crippen molar-refractivity contribution in [1.82, 2.24) is 19.7 Å². The molecule has 0 bridgehead atoms. The van der Waals surface area contributed by atoms with Crippen LogP contribution in [0.1, 0.15) is 13.3 Å². The molecule has 25 heavy (non-hydrogen) atoms. The number of nitrogens with one attached hydrogen (secondary N) is 1. The molecule has 1 fully saturated rings. The molecule has 1 aromatic carbocycles. The number of fused-ring (bicyclic) bond motifs is 1. The van der Waals surface area contributed by atoms with Gasteiger partial charge < -0.3 is 14.8 Å². The minimum Gasteiger partial charge on any atom is -0.379 e. The summed E-state index contributed by atoms with van der Waals surface area (Å²) in [7, 11) is 0. The summed E-state index contributed by atoms with van der Waals surface area (Å²) in [6, 6.07) is 10.1. The zero-order valence-electron chi connectivity index (χ0n) is 14.1. The van der Waals surface area contributed by atoms with E-state index in [1.54, 1.807) is 12.5 Å². The molecule has 130 valence electrons. The number of rotatable bonds is 6. The van der Waals surface area contributed by atoms with Crippen LogP contribution in [0.3, 0.4) is 0 Å². The Kier molecular flexibility index (Phi) is 4.58. The van der Waals surface area contributed by atoms with Crippen LogP contribution in [0.4, 0.5) is 5.82 Å². The van der Waals surface area contributed by atoms with Crippen LogP contribution < -0.4 is 5.32 Å². The summed E-state index contributed by atoms with van der Waals surface area (Å²) in [6.07, 6.45) is 4.53. The number of aromatic nitrogens is 4. The van der Waals surface area contributed by atoms with Crippen molar-refractivity contribution in [2.24, 2.45) is 0 Å². The Morgan fingerprint density at radius 2 is 2.20 bits per heavy atom.